The molecule has 1 aliphatic heterocycles. The normalized spacial score (nSPS) is 17.2. The molecule has 0 unspecified atom stereocenters. The summed E-state index contributed by atoms with van der Waals surface area (Å²) in [5.41, 5.74) is 0.402. The van der Waals surface area contributed by atoms with Gasteiger partial charge in [-0.2, -0.15) is 18.3 Å². The van der Waals surface area contributed by atoms with Crippen LogP contribution in [-0.2, 0) is 13.5 Å². The zero-order valence-electron chi connectivity index (χ0n) is 13.8. The number of aryl methyl sites for hydroxylation is 2. The van der Waals surface area contributed by atoms with Crippen molar-refractivity contribution in [3.05, 3.63) is 15.8 Å². The van der Waals surface area contributed by atoms with E-state index in [1.807, 2.05) is 0 Å². The largest absolute Gasteiger partial charge is 0.401 e. The Morgan fingerprint density at radius 3 is 2.50 bits per heavy atom. The second kappa shape index (κ2) is 7.37. The molecule has 2 rings (SSSR count). The molecule has 136 valence electrons. The van der Waals surface area contributed by atoms with E-state index in [9.17, 15) is 23.3 Å². The van der Waals surface area contributed by atoms with Gasteiger partial charge in [-0.15, -0.1) is 0 Å². The quantitative estimate of drug-likeness (QED) is 0.631. The number of nitrogens with zero attached hydrogens (tertiary/aromatic N) is 4. The van der Waals surface area contributed by atoms with E-state index in [1.165, 1.54) is 9.58 Å². The zero-order chi connectivity index (χ0) is 17.9. The second-order valence-corrected chi connectivity index (χ2v) is 6.09. The van der Waals surface area contributed by atoms with E-state index in [1.54, 1.807) is 14.0 Å². The average Bonchev–Trinajstić information content (AvgIpc) is 2.81. The van der Waals surface area contributed by atoms with Crippen LogP contribution < -0.4 is 5.32 Å². The van der Waals surface area contributed by atoms with Crippen molar-refractivity contribution in [3.63, 3.8) is 0 Å². The van der Waals surface area contributed by atoms with Crippen LogP contribution in [0.3, 0.4) is 0 Å². The Morgan fingerprint density at radius 2 is 2.00 bits per heavy atom. The van der Waals surface area contributed by atoms with Crippen molar-refractivity contribution in [1.82, 2.24) is 14.7 Å². The number of aromatic nitrogens is 2. The zero-order valence-corrected chi connectivity index (χ0v) is 13.8. The summed E-state index contributed by atoms with van der Waals surface area (Å²) in [5.74, 6) is 0.545. The summed E-state index contributed by atoms with van der Waals surface area (Å²) in [6, 6.07) is 0. The lowest BCUT2D eigenvalue weighted by atomic mass is 9.97. The van der Waals surface area contributed by atoms with Crippen LogP contribution in [0.25, 0.3) is 0 Å². The molecule has 10 heteroatoms. The summed E-state index contributed by atoms with van der Waals surface area (Å²) in [4.78, 5) is 12.2. The van der Waals surface area contributed by atoms with E-state index in [-0.39, 0.29) is 11.6 Å². The fraction of sp³-hybridized carbons (Fsp3) is 0.786. The Hall–Kier alpha value is -1.84. The number of halogens is 3. The Kier molecular flexibility index (Phi) is 5.68. The van der Waals surface area contributed by atoms with Gasteiger partial charge in [-0.3, -0.25) is 15.0 Å². The molecule has 1 saturated heterocycles. The van der Waals surface area contributed by atoms with E-state index < -0.39 is 17.6 Å². The lowest BCUT2D eigenvalue weighted by Gasteiger charge is -2.32. The SMILES string of the molecule is CCc1nn(C)c(NCC2CCN(CC(F)(F)F)CC2)c1[N+](=O)[O-]. The van der Waals surface area contributed by atoms with Crippen molar-refractivity contribution in [2.45, 2.75) is 32.4 Å². The molecule has 1 N–H and O–H groups in total. The van der Waals surface area contributed by atoms with E-state index >= 15 is 0 Å². The van der Waals surface area contributed by atoms with Crippen molar-refractivity contribution in [1.29, 1.82) is 0 Å². The lowest BCUT2D eigenvalue weighted by molar-refractivity contribution is -0.384. The van der Waals surface area contributed by atoms with Crippen LogP contribution in [0, 0.1) is 16.0 Å². The third kappa shape index (κ3) is 4.59. The number of likely N-dealkylation sites (tertiary alicyclic amines) is 1. The first-order chi connectivity index (χ1) is 11.2. The minimum absolute atomic E-state index is 0.0190. The van der Waals surface area contributed by atoms with Crippen molar-refractivity contribution < 1.29 is 18.1 Å². The molecule has 1 aromatic heterocycles. The summed E-state index contributed by atoms with van der Waals surface area (Å²) < 4.78 is 38.6. The predicted octanol–water partition coefficient (Wildman–Crippen LogP) is 2.58. The van der Waals surface area contributed by atoms with Gasteiger partial charge in [0, 0.05) is 13.6 Å². The number of nitro groups is 1. The first-order valence-corrected chi connectivity index (χ1v) is 7.94. The predicted molar refractivity (Wildman–Crippen MR) is 82.9 cm³/mol. The van der Waals surface area contributed by atoms with E-state index in [0.29, 0.717) is 50.4 Å². The van der Waals surface area contributed by atoms with Crippen LogP contribution in [0.15, 0.2) is 0 Å². The number of rotatable bonds is 6. The first-order valence-electron chi connectivity index (χ1n) is 7.94. The second-order valence-electron chi connectivity index (χ2n) is 6.09. The molecule has 2 heterocycles. The summed E-state index contributed by atoms with van der Waals surface area (Å²) in [6.07, 6.45) is -2.44. The van der Waals surface area contributed by atoms with Crippen molar-refractivity contribution in [2.75, 3.05) is 31.5 Å². The van der Waals surface area contributed by atoms with Crippen LogP contribution in [0.5, 0.6) is 0 Å². The van der Waals surface area contributed by atoms with Gasteiger partial charge in [0.05, 0.1) is 11.5 Å². The highest BCUT2D eigenvalue weighted by molar-refractivity contribution is 5.59. The van der Waals surface area contributed by atoms with Gasteiger partial charge in [0.15, 0.2) is 0 Å². The Labute approximate surface area is 138 Å². The number of piperidine rings is 1. The number of hydrogen-bond donors (Lipinski definition) is 1. The van der Waals surface area contributed by atoms with Crippen molar-refractivity contribution in [3.8, 4) is 0 Å². The lowest BCUT2D eigenvalue weighted by Crippen LogP contribution is -2.41. The smallest absolute Gasteiger partial charge is 0.364 e. The third-order valence-electron chi connectivity index (χ3n) is 4.28. The topological polar surface area (TPSA) is 76.2 Å². The molecule has 0 saturated carbocycles. The van der Waals surface area contributed by atoms with Gasteiger partial charge in [0.1, 0.15) is 5.69 Å². The van der Waals surface area contributed by atoms with Gasteiger partial charge in [-0.25, -0.2) is 4.68 Å². The van der Waals surface area contributed by atoms with Crippen LogP contribution in [0.2, 0.25) is 0 Å². The number of anilines is 1. The highest BCUT2D eigenvalue weighted by atomic mass is 19.4. The standard InChI is InChI=1S/C14H22F3N5O2/c1-3-11-12(22(23)24)13(20(2)19-11)18-8-10-4-6-21(7-5-10)9-14(15,16)17/h10,18H,3-9H2,1-2H3. The van der Waals surface area contributed by atoms with Crippen molar-refractivity contribution in [2.24, 2.45) is 13.0 Å². The number of nitrogens with one attached hydrogen (secondary N) is 1. The minimum atomic E-state index is -4.17. The molecule has 1 aromatic rings. The summed E-state index contributed by atoms with van der Waals surface area (Å²) in [7, 11) is 1.64. The molecular weight excluding hydrogens is 327 g/mol. The molecule has 7 nitrogen and oxygen atoms in total. The minimum Gasteiger partial charge on any atom is -0.364 e. The molecule has 0 radical (unpaired) electrons. The van der Waals surface area contributed by atoms with Gasteiger partial charge in [0.2, 0.25) is 5.82 Å². The molecule has 0 aromatic carbocycles. The van der Waals surface area contributed by atoms with Gasteiger partial charge in [0.25, 0.3) is 0 Å². The van der Waals surface area contributed by atoms with Gasteiger partial charge in [-0.05, 0) is 38.3 Å². The van der Waals surface area contributed by atoms with Gasteiger partial charge >= 0.3 is 11.9 Å². The average molecular weight is 349 g/mol. The van der Waals surface area contributed by atoms with Gasteiger partial charge in [-0.1, -0.05) is 6.92 Å². The molecule has 1 aliphatic rings. The van der Waals surface area contributed by atoms with E-state index in [0.717, 1.165) is 0 Å². The molecule has 0 spiro atoms. The molecule has 24 heavy (non-hydrogen) atoms. The molecule has 0 bridgehead atoms. The number of hydrogen-bond acceptors (Lipinski definition) is 5. The Morgan fingerprint density at radius 1 is 1.38 bits per heavy atom. The fourth-order valence-electron chi connectivity index (χ4n) is 3.04. The van der Waals surface area contributed by atoms with E-state index in [4.69, 9.17) is 0 Å². The van der Waals surface area contributed by atoms with E-state index in [2.05, 4.69) is 10.4 Å². The summed E-state index contributed by atoms with van der Waals surface area (Å²) >= 11 is 0. The molecule has 1 fully saturated rings. The maximum absolute atomic E-state index is 12.4. The van der Waals surface area contributed by atoms with Crippen LogP contribution >= 0.6 is 0 Å². The monoisotopic (exact) mass is 349 g/mol. The highest BCUT2D eigenvalue weighted by Crippen LogP contribution is 2.29. The van der Waals surface area contributed by atoms with Crippen molar-refractivity contribution >= 4 is 11.5 Å². The maximum Gasteiger partial charge on any atom is 0.401 e. The maximum atomic E-state index is 12.4. The summed E-state index contributed by atoms with van der Waals surface area (Å²) in [5, 5.41) is 18.5. The summed E-state index contributed by atoms with van der Waals surface area (Å²) in [6.45, 7) is 2.19. The highest BCUT2D eigenvalue weighted by Gasteiger charge is 2.33. The Bertz CT molecular complexity index is 580. The third-order valence-corrected chi connectivity index (χ3v) is 4.28. The molecule has 0 amide bonds. The van der Waals surface area contributed by atoms with Gasteiger partial charge < -0.3 is 5.32 Å². The first kappa shape index (κ1) is 18.5. The molecule has 0 aliphatic carbocycles. The van der Waals surface area contributed by atoms with Crippen LogP contribution in [0.1, 0.15) is 25.5 Å². The molecular formula is C14H22F3N5O2. The Balaban J connectivity index is 1.91. The van der Waals surface area contributed by atoms with Crippen LogP contribution in [-0.4, -0.2) is 52.0 Å². The molecule has 0 atom stereocenters. The number of alkyl halides is 3. The fourth-order valence-corrected chi connectivity index (χ4v) is 3.04. The van der Waals surface area contributed by atoms with Crippen LogP contribution in [0.4, 0.5) is 24.7 Å².